The van der Waals surface area contributed by atoms with E-state index in [1.165, 1.54) is 24.5 Å². The van der Waals surface area contributed by atoms with Crippen LogP contribution in [0.2, 0.25) is 0 Å². The summed E-state index contributed by atoms with van der Waals surface area (Å²) in [6.07, 6.45) is 4.49. The Hall–Kier alpha value is -2.05. The van der Waals surface area contributed by atoms with Gasteiger partial charge in [-0.05, 0) is 12.8 Å². The van der Waals surface area contributed by atoms with Gasteiger partial charge in [0, 0.05) is 33.7 Å². The molecule has 1 aliphatic rings. The summed E-state index contributed by atoms with van der Waals surface area (Å²) in [5, 5.41) is 0. The molecule has 0 saturated carbocycles. The van der Waals surface area contributed by atoms with Crippen LogP contribution < -0.4 is 16.1 Å². The van der Waals surface area contributed by atoms with Gasteiger partial charge >= 0.3 is 5.69 Å². The predicted octanol–water partition coefficient (Wildman–Crippen LogP) is 0.834. The molecule has 0 N–H and O–H groups in total. The highest BCUT2D eigenvalue weighted by Gasteiger charge is 2.25. The molecule has 0 bridgehead atoms. The third-order valence-corrected chi connectivity index (χ3v) is 4.45. The van der Waals surface area contributed by atoms with Gasteiger partial charge in [0.05, 0.1) is 0 Å². The Morgan fingerprint density at radius 3 is 2.59 bits per heavy atom. The van der Waals surface area contributed by atoms with Crippen molar-refractivity contribution in [3.8, 4) is 0 Å². The molecule has 120 valence electrons. The van der Waals surface area contributed by atoms with E-state index in [1.807, 2.05) is 4.57 Å². The van der Waals surface area contributed by atoms with Crippen molar-refractivity contribution in [3.05, 3.63) is 20.8 Å². The summed E-state index contributed by atoms with van der Waals surface area (Å²) < 4.78 is 4.60. The lowest BCUT2D eigenvalue weighted by atomic mass is 10.2. The van der Waals surface area contributed by atoms with E-state index in [9.17, 15) is 9.59 Å². The highest BCUT2D eigenvalue weighted by Crippen LogP contribution is 2.24. The second kappa shape index (κ2) is 5.62. The maximum Gasteiger partial charge on any atom is 0.332 e. The summed E-state index contributed by atoms with van der Waals surface area (Å²) in [6.45, 7) is 4.88. The number of aromatic nitrogens is 4. The molecule has 3 heterocycles. The largest absolute Gasteiger partial charge is 0.342 e. The molecule has 1 aliphatic heterocycles. The number of anilines is 1. The van der Waals surface area contributed by atoms with Crippen molar-refractivity contribution in [1.82, 2.24) is 18.7 Å². The number of imidazole rings is 1. The minimum Gasteiger partial charge on any atom is -0.342 e. The molecule has 2 aromatic heterocycles. The maximum absolute atomic E-state index is 12.5. The Bertz CT molecular complexity index is 814. The molecule has 7 nitrogen and oxygen atoms in total. The van der Waals surface area contributed by atoms with Crippen LogP contribution >= 0.6 is 0 Å². The normalized spacial score (nSPS) is 14.6. The summed E-state index contributed by atoms with van der Waals surface area (Å²) >= 11 is 0. The van der Waals surface area contributed by atoms with E-state index >= 15 is 0 Å². The van der Waals surface area contributed by atoms with Crippen LogP contribution in [-0.4, -0.2) is 31.8 Å². The van der Waals surface area contributed by atoms with Crippen LogP contribution in [0.3, 0.4) is 0 Å². The van der Waals surface area contributed by atoms with E-state index in [-0.39, 0.29) is 11.2 Å². The first-order valence-corrected chi connectivity index (χ1v) is 7.97. The molecular formula is C15H23N5O2. The Morgan fingerprint density at radius 2 is 1.86 bits per heavy atom. The summed E-state index contributed by atoms with van der Waals surface area (Å²) in [7, 11) is 3.19. The number of unbranched alkanes of at least 4 members (excludes halogenated alkanes) is 2. The summed E-state index contributed by atoms with van der Waals surface area (Å²) in [5.41, 5.74) is 0.447. The van der Waals surface area contributed by atoms with Gasteiger partial charge in [-0.1, -0.05) is 19.8 Å². The molecule has 0 fully saturated rings. The Labute approximate surface area is 128 Å². The first-order chi connectivity index (χ1) is 10.6. The lowest BCUT2D eigenvalue weighted by molar-refractivity contribution is 0.549. The molecular weight excluding hydrogens is 282 g/mol. The standard InChI is InChI=1S/C15H23N5O2/c1-4-5-6-8-19-9-7-10-20-11-12(16-14(19)20)17(2)15(22)18(3)13(11)21/h4-10H2,1-3H3. The molecule has 0 spiro atoms. The predicted molar refractivity (Wildman–Crippen MR) is 86.6 cm³/mol. The van der Waals surface area contributed by atoms with Crippen LogP contribution in [0.1, 0.15) is 32.6 Å². The molecule has 22 heavy (non-hydrogen) atoms. The van der Waals surface area contributed by atoms with Crippen LogP contribution in [0.15, 0.2) is 9.59 Å². The van der Waals surface area contributed by atoms with Gasteiger partial charge in [0.25, 0.3) is 5.56 Å². The average molecular weight is 305 g/mol. The summed E-state index contributed by atoms with van der Waals surface area (Å²) in [4.78, 5) is 31.4. The van der Waals surface area contributed by atoms with Gasteiger partial charge in [-0.2, -0.15) is 4.98 Å². The number of nitrogens with zero attached hydrogens (tertiary/aromatic N) is 5. The molecule has 0 aromatic carbocycles. The monoisotopic (exact) mass is 305 g/mol. The van der Waals surface area contributed by atoms with Crippen LogP contribution in [0.25, 0.3) is 11.2 Å². The van der Waals surface area contributed by atoms with Gasteiger partial charge < -0.3 is 9.47 Å². The van der Waals surface area contributed by atoms with Crippen molar-refractivity contribution < 1.29 is 0 Å². The van der Waals surface area contributed by atoms with Gasteiger partial charge in [-0.3, -0.25) is 13.9 Å². The summed E-state index contributed by atoms with van der Waals surface area (Å²) in [5.74, 6) is 0.829. The molecule has 2 aromatic rings. The van der Waals surface area contributed by atoms with Crippen molar-refractivity contribution in [2.24, 2.45) is 14.1 Å². The lowest BCUT2D eigenvalue weighted by Gasteiger charge is -2.28. The Morgan fingerprint density at radius 1 is 1.09 bits per heavy atom. The quantitative estimate of drug-likeness (QED) is 0.785. The highest BCUT2D eigenvalue weighted by atomic mass is 16.2. The highest BCUT2D eigenvalue weighted by molar-refractivity contribution is 5.74. The molecule has 0 radical (unpaired) electrons. The van der Waals surface area contributed by atoms with E-state index in [0.717, 1.165) is 43.0 Å². The van der Waals surface area contributed by atoms with Crippen LogP contribution in [0.4, 0.5) is 5.95 Å². The van der Waals surface area contributed by atoms with E-state index in [4.69, 9.17) is 0 Å². The zero-order valence-electron chi connectivity index (χ0n) is 13.5. The fourth-order valence-corrected chi connectivity index (χ4v) is 3.17. The minimum atomic E-state index is -0.328. The van der Waals surface area contributed by atoms with Crippen LogP contribution in [0.5, 0.6) is 0 Å². The van der Waals surface area contributed by atoms with Crippen molar-refractivity contribution >= 4 is 17.1 Å². The number of hydrogen-bond donors (Lipinski definition) is 0. The molecule has 0 amide bonds. The molecule has 0 atom stereocenters. The summed E-state index contributed by atoms with van der Waals surface area (Å²) in [6, 6.07) is 0. The van der Waals surface area contributed by atoms with Gasteiger partial charge in [-0.15, -0.1) is 0 Å². The smallest absolute Gasteiger partial charge is 0.332 e. The topological polar surface area (TPSA) is 65.1 Å². The van der Waals surface area contributed by atoms with Gasteiger partial charge in [-0.25, -0.2) is 4.79 Å². The number of fused-ring (bicyclic) bond motifs is 3. The lowest BCUT2D eigenvalue weighted by Crippen LogP contribution is -2.38. The third-order valence-electron chi connectivity index (χ3n) is 4.45. The van der Waals surface area contributed by atoms with Crippen LogP contribution in [0, 0.1) is 0 Å². The molecule has 0 saturated heterocycles. The van der Waals surface area contributed by atoms with Gasteiger partial charge in [0.1, 0.15) is 0 Å². The molecule has 0 unspecified atom stereocenters. The first kappa shape index (κ1) is 14.9. The zero-order valence-corrected chi connectivity index (χ0v) is 13.5. The van der Waals surface area contributed by atoms with E-state index < -0.39 is 0 Å². The third kappa shape index (κ3) is 2.15. The minimum absolute atomic E-state index is 0.257. The van der Waals surface area contributed by atoms with Crippen molar-refractivity contribution in [1.29, 1.82) is 0 Å². The first-order valence-electron chi connectivity index (χ1n) is 7.97. The molecule has 7 heteroatoms. The number of hydrogen-bond acceptors (Lipinski definition) is 4. The van der Waals surface area contributed by atoms with Gasteiger partial charge in [0.2, 0.25) is 5.95 Å². The number of aryl methyl sites for hydroxylation is 2. The Kier molecular flexibility index (Phi) is 3.80. The SMILES string of the molecule is CCCCCN1CCCn2c1nc1c2c(=O)n(C)c(=O)n1C. The van der Waals surface area contributed by atoms with Crippen molar-refractivity contribution in [2.75, 3.05) is 18.0 Å². The van der Waals surface area contributed by atoms with E-state index in [0.29, 0.717) is 11.2 Å². The fraction of sp³-hybridized carbons (Fsp3) is 0.667. The molecule has 0 aliphatic carbocycles. The average Bonchev–Trinajstić information content (AvgIpc) is 2.91. The number of rotatable bonds is 4. The molecule has 3 rings (SSSR count). The van der Waals surface area contributed by atoms with Crippen molar-refractivity contribution in [3.63, 3.8) is 0 Å². The van der Waals surface area contributed by atoms with Gasteiger partial charge in [0.15, 0.2) is 11.2 Å². The van der Waals surface area contributed by atoms with E-state index in [2.05, 4.69) is 16.8 Å². The zero-order chi connectivity index (χ0) is 15.9. The maximum atomic E-state index is 12.5. The van der Waals surface area contributed by atoms with Crippen molar-refractivity contribution in [2.45, 2.75) is 39.2 Å². The van der Waals surface area contributed by atoms with E-state index in [1.54, 1.807) is 7.05 Å². The second-order valence-corrected chi connectivity index (χ2v) is 5.99. The second-order valence-electron chi connectivity index (χ2n) is 5.99. The fourth-order valence-electron chi connectivity index (χ4n) is 3.17. The Balaban J connectivity index is 2.15. The van der Waals surface area contributed by atoms with Crippen LogP contribution in [-0.2, 0) is 20.6 Å².